The smallest absolute Gasteiger partial charge is 0.0868 e. The minimum Gasteiger partial charge on any atom is -0.265 e. The van der Waals surface area contributed by atoms with Gasteiger partial charge < -0.3 is 0 Å². The van der Waals surface area contributed by atoms with Gasteiger partial charge in [0.1, 0.15) is 0 Å². The van der Waals surface area contributed by atoms with Crippen molar-refractivity contribution in [3.63, 3.8) is 0 Å². The summed E-state index contributed by atoms with van der Waals surface area (Å²) in [4.78, 5) is 0. The van der Waals surface area contributed by atoms with Crippen molar-refractivity contribution in [2.45, 2.75) is 26.2 Å². The van der Waals surface area contributed by atoms with Gasteiger partial charge in [-0.05, 0) is 17.0 Å². The van der Waals surface area contributed by atoms with Gasteiger partial charge in [-0.25, -0.2) is 0 Å². The highest BCUT2D eigenvalue weighted by molar-refractivity contribution is 5.26. The fraction of sp³-hybridized carbons (Fsp3) is 0.333. The molecule has 0 saturated heterocycles. The first-order valence-electron chi connectivity index (χ1n) is 5.20. The van der Waals surface area contributed by atoms with E-state index in [9.17, 15) is 0 Å². The average Bonchev–Trinajstić information content (AvgIpc) is 2.71. The van der Waals surface area contributed by atoms with Crippen molar-refractivity contribution < 1.29 is 0 Å². The number of hydrogen-bond acceptors (Lipinski definition) is 2. The lowest BCUT2D eigenvalue weighted by Gasteiger charge is -2.05. The number of hydrogen-bond donors (Lipinski definition) is 1. The first-order valence-corrected chi connectivity index (χ1v) is 5.20. The van der Waals surface area contributed by atoms with E-state index in [0.717, 1.165) is 12.1 Å². The molecule has 1 aromatic heterocycles. The van der Waals surface area contributed by atoms with Crippen LogP contribution in [0.4, 0.5) is 0 Å². The SMILES string of the molecule is CC(C)c1ccc(Cc2c[nH]nn2)cc1. The number of aromatic nitrogens is 3. The van der Waals surface area contributed by atoms with Crippen LogP contribution in [0.5, 0.6) is 0 Å². The molecule has 0 aliphatic heterocycles. The Kier molecular flexibility index (Phi) is 2.81. The van der Waals surface area contributed by atoms with Crippen LogP contribution < -0.4 is 0 Å². The molecule has 0 fully saturated rings. The Labute approximate surface area is 89.5 Å². The third-order valence-corrected chi connectivity index (χ3v) is 2.50. The first-order chi connectivity index (χ1) is 7.25. The molecule has 0 unspecified atom stereocenters. The van der Waals surface area contributed by atoms with E-state index in [1.54, 1.807) is 0 Å². The van der Waals surface area contributed by atoms with Crippen molar-refractivity contribution in [1.82, 2.24) is 15.4 Å². The van der Waals surface area contributed by atoms with Crippen LogP contribution in [-0.2, 0) is 6.42 Å². The second-order valence-electron chi connectivity index (χ2n) is 4.04. The largest absolute Gasteiger partial charge is 0.265 e. The van der Waals surface area contributed by atoms with E-state index in [2.05, 4.69) is 53.5 Å². The van der Waals surface area contributed by atoms with E-state index in [1.807, 2.05) is 6.20 Å². The second kappa shape index (κ2) is 4.26. The zero-order valence-electron chi connectivity index (χ0n) is 9.07. The summed E-state index contributed by atoms with van der Waals surface area (Å²) >= 11 is 0. The molecular formula is C12H15N3. The van der Waals surface area contributed by atoms with E-state index in [4.69, 9.17) is 0 Å². The second-order valence-corrected chi connectivity index (χ2v) is 4.04. The van der Waals surface area contributed by atoms with E-state index in [-0.39, 0.29) is 0 Å². The topological polar surface area (TPSA) is 41.6 Å². The van der Waals surface area contributed by atoms with Crippen LogP contribution in [0.25, 0.3) is 0 Å². The third kappa shape index (κ3) is 2.43. The Morgan fingerprint density at radius 1 is 1.20 bits per heavy atom. The fourth-order valence-electron chi connectivity index (χ4n) is 1.54. The Hall–Kier alpha value is -1.64. The van der Waals surface area contributed by atoms with E-state index >= 15 is 0 Å². The van der Waals surface area contributed by atoms with Gasteiger partial charge in [0, 0.05) is 12.6 Å². The Morgan fingerprint density at radius 3 is 2.47 bits per heavy atom. The number of aromatic amines is 1. The molecule has 2 aromatic rings. The molecule has 3 nitrogen and oxygen atoms in total. The van der Waals surface area contributed by atoms with E-state index < -0.39 is 0 Å². The molecule has 2 rings (SSSR count). The summed E-state index contributed by atoms with van der Waals surface area (Å²) in [7, 11) is 0. The van der Waals surface area contributed by atoms with Gasteiger partial charge in [-0.1, -0.05) is 43.3 Å². The van der Waals surface area contributed by atoms with Gasteiger partial charge in [0.15, 0.2) is 0 Å². The number of benzene rings is 1. The highest BCUT2D eigenvalue weighted by Crippen LogP contribution is 2.15. The predicted octanol–water partition coefficient (Wildman–Crippen LogP) is 2.52. The molecule has 0 saturated carbocycles. The number of nitrogens with one attached hydrogen (secondary N) is 1. The number of nitrogens with zero attached hydrogens (tertiary/aromatic N) is 2. The molecule has 0 aliphatic carbocycles. The van der Waals surface area contributed by atoms with Crippen LogP contribution in [0.15, 0.2) is 30.5 Å². The molecule has 15 heavy (non-hydrogen) atoms. The molecule has 1 aromatic carbocycles. The van der Waals surface area contributed by atoms with Crippen molar-refractivity contribution in [2.75, 3.05) is 0 Å². The van der Waals surface area contributed by atoms with E-state index in [0.29, 0.717) is 5.92 Å². The summed E-state index contributed by atoms with van der Waals surface area (Å²) in [5.74, 6) is 0.589. The Bertz CT molecular complexity index is 401. The molecule has 0 bridgehead atoms. The van der Waals surface area contributed by atoms with Crippen LogP contribution in [0.1, 0.15) is 36.6 Å². The predicted molar refractivity (Wildman–Crippen MR) is 59.7 cm³/mol. The van der Waals surface area contributed by atoms with E-state index in [1.165, 1.54) is 11.1 Å². The van der Waals surface area contributed by atoms with Crippen LogP contribution in [0, 0.1) is 0 Å². The summed E-state index contributed by atoms with van der Waals surface area (Å²) in [6.07, 6.45) is 2.67. The quantitative estimate of drug-likeness (QED) is 0.829. The molecule has 0 aliphatic rings. The molecule has 1 heterocycles. The molecule has 0 spiro atoms. The van der Waals surface area contributed by atoms with Crippen molar-refractivity contribution in [2.24, 2.45) is 0 Å². The van der Waals surface area contributed by atoms with Crippen molar-refractivity contribution >= 4 is 0 Å². The minimum atomic E-state index is 0.589. The fourth-order valence-corrected chi connectivity index (χ4v) is 1.54. The van der Waals surface area contributed by atoms with Crippen LogP contribution >= 0.6 is 0 Å². The Morgan fingerprint density at radius 2 is 1.93 bits per heavy atom. The van der Waals surface area contributed by atoms with Crippen molar-refractivity contribution in [1.29, 1.82) is 0 Å². The molecule has 3 heteroatoms. The maximum absolute atomic E-state index is 3.96. The summed E-state index contributed by atoms with van der Waals surface area (Å²) in [5, 5.41) is 10.4. The lowest BCUT2D eigenvalue weighted by atomic mass is 10.0. The van der Waals surface area contributed by atoms with Gasteiger partial charge in [-0.3, -0.25) is 5.10 Å². The van der Waals surface area contributed by atoms with Gasteiger partial charge in [-0.2, -0.15) is 0 Å². The number of H-pyrrole nitrogens is 1. The molecule has 1 N–H and O–H groups in total. The van der Waals surface area contributed by atoms with Crippen LogP contribution in [0.3, 0.4) is 0 Å². The zero-order valence-corrected chi connectivity index (χ0v) is 9.07. The highest BCUT2D eigenvalue weighted by atomic mass is 15.3. The maximum atomic E-state index is 3.96. The lowest BCUT2D eigenvalue weighted by molar-refractivity contribution is 0.864. The molecule has 78 valence electrons. The van der Waals surface area contributed by atoms with Crippen LogP contribution in [-0.4, -0.2) is 15.4 Å². The number of rotatable bonds is 3. The summed E-state index contributed by atoms with van der Waals surface area (Å²) in [6.45, 7) is 4.40. The zero-order chi connectivity index (χ0) is 10.7. The summed E-state index contributed by atoms with van der Waals surface area (Å²) < 4.78 is 0. The van der Waals surface area contributed by atoms with Gasteiger partial charge in [0.25, 0.3) is 0 Å². The van der Waals surface area contributed by atoms with Gasteiger partial charge in [-0.15, -0.1) is 5.10 Å². The minimum absolute atomic E-state index is 0.589. The summed E-state index contributed by atoms with van der Waals surface area (Å²) in [6, 6.07) is 8.67. The maximum Gasteiger partial charge on any atom is 0.0868 e. The normalized spacial score (nSPS) is 10.9. The molecule has 0 amide bonds. The van der Waals surface area contributed by atoms with Gasteiger partial charge in [0.2, 0.25) is 0 Å². The first kappa shape index (κ1) is 9.90. The third-order valence-electron chi connectivity index (χ3n) is 2.50. The lowest BCUT2D eigenvalue weighted by Crippen LogP contribution is -1.91. The van der Waals surface area contributed by atoms with Gasteiger partial charge in [0.05, 0.1) is 5.69 Å². The van der Waals surface area contributed by atoms with Gasteiger partial charge >= 0.3 is 0 Å². The molecule has 0 radical (unpaired) electrons. The average molecular weight is 201 g/mol. The van der Waals surface area contributed by atoms with Crippen LogP contribution in [0.2, 0.25) is 0 Å². The standard InChI is InChI=1S/C12H15N3/c1-9(2)11-5-3-10(4-6-11)7-12-8-13-15-14-12/h3-6,8-9H,7H2,1-2H3,(H,13,14,15). The Balaban J connectivity index is 2.11. The summed E-state index contributed by atoms with van der Waals surface area (Å²) in [5.41, 5.74) is 3.62. The molecule has 0 atom stereocenters. The molecular weight excluding hydrogens is 186 g/mol. The highest BCUT2D eigenvalue weighted by Gasteiger charge is 2.01. The van der Waals surface area contributed by atoms with Crippen molar-refractivity contribution in [3.8, 4) is 0 Å². The van der Waals surface area contributed by atoms with Crippen molar-refractivity contribution in [3.05, 3.63) is 47.3 Å². The monoisotopic (exact) mass is 201 g/mol.